The van der Waals surface area contributed by atoms with Gasteiger partial charge in [0, 0.05) is 0 Å². The Morgan fingerprint density at radius 3 is 2.75 bits per heavy atom. The summed E-state index contributed by atoms with van der Waals surface area (Å²) in [7, 11) is 0. The predicted octanol–water partition coefficient (Wildman–Crippen LogP) is 2.75. The highest BCUT2D eigenvalue weighted by molar-refractivity contribution is 7.13. The Kier molecular flexibility index (Phi) is 3.49. The number of rotatable bonds is 4. The minimum absolute atomic E-state index is 0.236. The summed E-state index contributed by atoms with van der Waals surface area (Å²) in [4.78, 5) is 5.28. The summed E-state index contributed by atoms with van der Waals surface area (Å²) in [5.41, 5.74) is 7.08. The summed E-state index contributed by atoms with van der Waals surface area (Å²) in [5.74, 6) is 1.22. The number of aromatic nitrogens is 2. The molecule has 0 fully saturated rings. The maximum atomic E-state index is 9.25. The monoisotopic (exact) mass is 287 g/mol. The second-order valence-corrected chi connectivity index (χ2v) is 5.36. The van der Waals surface area contributed by atoms with Crippen LogP contribution in [0.25, 0.3) is 10.7 Å². The van der Waals surface area contributed by atoms with Crippen LogP contribution in [0.5, 0.6) is 5.75 Å². The van der Waals surface area contributed by atoms with E-state index in [1.165, 1.54) is 0 Å². The van der Waals surface area contributed by atoms with Crippen LogP contribution < -0.4 is 5.73 Å². The number of benzene rings is 1. The van der Waals surface area contributed by atoms with Crippen LogP contribution in [-0.4, -0.2) is 15.2 Å². The van der Waals surface area contributed by atoms with Gasteiger partial charge in [0.1, 0.15) is 5.75 Å². The molecule has 1 aromatic carbocycles. The Morgan fingerprint density at radius 2 is 2.05 bits per heavy atom. The van der Waals surface area contributed by atoms with Gasteiger partial charge < -0.3 is 15.4 Å². The number of phenols is 1. The van der Waals surface area contributed by atoms with E-state index in [-0.39, 0.29) is 11.8 Å². The summed E-state index contributed by atoms with van der Waals surface area (Å²) in [5, 5.41) is 15.1. The third kappa shape index (κ3) is 2.71. The molecule has 5 nitrogen and oxygen atoms in total. The summed E-state index contributed by atoms with van der Waals surface area (Å²) < 4.78 is 5.22. The van der Waals surface area contributed by atoms with Gasteiger partial charge in [0.15, 0.2) is 0 Å². The summed E-state index contributed by atoms with van der Waals surface area (Å²) in [6.45, 7) is 0. The standard InChI is InChI=1S/C14H13N3O2S/c15-11(8-9-3-5-10(18)6-4-9)14-16-13(17-19-14)12-2-1-7-20-12/h1-7,11,18H,8,15H2. The molecule has 0 aliphatic carbocycles. The lowest BCUT2D eigenvalue weighted by Gasteiger charge is -2.06. The van der Waals surface area contributed by atoms with E-state index in [4.69, 9.17) is 10.3 Å². The maximum Gasteiger partial charge on any atom is 0.244 e. The molecule has 3 aromatic rings. The van der Waals surface area contributed by atoms with Crippen molar-refractivity contribution < 1.29 is 9.63 Å². The molecular formula is C14H13N3O2S. The van der Waals surface area contributed by atoms with Crippen LogP contribution in [0.15, 0.2) is 46.3 Å². The molecule has 0 radical (unpaired) electrons. The first kappa shape index (κ1) is 12.8. The molecule has 0 amide bonds. The van der Waals surface area contributed by atoms with E-state index < -0.39 is 0 Å². The number of phenolic OH excluding ortho intramolecular Hbond substituents is 1. The Bertz CT molecular complexity index is 677. The lowest BCUT2D eigenvalue weighted by molar-refractivity contribution is 0.354. The van der Waals surface area contributed by atoms with E-state index in [9.17, 15) is 5.11 Å². The van der Waals surface area contributed by atoms with Crippen molar-refractivity contribution in [3.63, 3.8) is 0 Å². The first-order valence-corrected chi connectivity index (χ1v) is 7.01. The Labute approximate surface area is 119 Å². The van der Waals surface area contributed by atoms with Crippen LogP contribution in [0.4, 0.5) is 0 Å². The second kappa shape index (κ2) is 5.44. The van der Waals surface area contributed by atoms with E-state index in [0.717, 1.165) is 10.4 Å². The molecule has 3 rings (SSSR count). The van der Waals surface area contributed by atoms with Gasteiger partial charge in [-0.1, -0.05) is 23.4 Å². The average molecular weight is 287 g/mol. The highest BCUT2D eigenvalue weighted by Gasteiger charge is 2.16. The van der Waals surface area contributed by atoms with Gasteiger partial charge in [-0.3, -0.25) is 0 Å². The fourth-order valence-electron chi connectivity index (χ4n) is 1.86. The molecule has 0 bridgehead atoms. The number of aromatic hydroxyl groups is 1. The fourth-order valence-corrected chi connectivity index (χ4v) is 2.51. The molecule has 2 aromatic heterocycles. The number of hydrogen-bond donors (Lipinski definition) is 2. The number of nitrogens with two attached hydrogens (primary N) is 1. The minimum Gasteiger partial charge on any atom is -0.508 e. The normalized spacial score (nSPS) is 12.4. The van der Waals surface area contributed by atoms with E-state index in [0.29, 0.717) is 18.1 Å². The Hall–Kier alpha value is -2.18. The molecule has 2 heterocycles. The van der Waals surface area contributed by atoms with Gasteiger partial charge in [-0.2, -0.15) is 4.98 Å². The topological polar surface area (TPSA) is 85.2 Å². The lowest BCUT2D eigenvalue weighted by atomic mass is 10.1. The molecular weight excluding hydrogens is 274 g/mol. The highest BCUT2D eigenvalue weighted by atomic mass is 32.1. The SMILES string of the molecule is NC(Cc1ccc(O)cc1)c1nc(-c2cccs2)no1. The van der Waals surface area contributed by atoms with Crippen LogP contribution in [0, 0.1) is 0 Å². The van der Waals surface area contributed by atoms with Gasteiger partial charge in [-0.25, -0.2) is 0 Å². The highest BCUT2D eigenvalue weighted by Crippen LogP contribution is 2.23. The molecule has 0 saturated carbocycles. The van der Waals surface area contributed by atoms with Crippen LogP contribution in [0.2, 0.25) is 0 Å². The summed E-state index contributed by atoms with van der Waals surface area (Å²) >= 11 is 1.55. The number of thiophene rings is 1. The molecule has 0 saturated heterocycles. The first-order valence-electron chi connectivity index (χ1n) is 6.13. The number of nitrogens with zero attached hydrogens (tertiary/aromatic N) is 2. The zero-order valence-electron chi connectivity index (χ0n) is 10.6. The van der Waals surface area contributed by atoms with Crippen molar-refractivity contribution in [2.75, 3.05) is 0 Å². The average Bonchev–Trinajstić information content (AvgIpc) is 3.11. The molecule has 3 N–H and O–H groups in total. The quantitative estimate of drug-likeness (QED) is 0.770. The van der Waals surface area contributed by atoms with Gasteiger partial charge in [0.25, 0.3) is 0 Å². The zero-order valence-corrected chi connectivity index (χ0v) is 11.4. The van der Waals surface area contributed by atoms with E-state index >= 15 is 0 Å². The molecule has 6 heteroatoms. The van der Waals surface area contributed by atoms with Gasteiger partial charge in [0.05, 0.1) is 10.9 Å². The van der Waals surface area contributed by atoms with Gasteiger partial charge in [-0.15, -0.1) is 11.3 Å². The van der Waals surface area contributed by atoms with Crippen LogP contribution in [0.1, 0.15) is 17.5 Å². The van der Waals surface area contributed by atoms with Gasteiger partial charge in [0.2, 0.25) is 11.7 Å². The third-order valence-electron chi connectivity index (χ3n) is 2.89. The largest absolute Gasteiger partial charge is 0.508 e. The van der Waals surface area contributed by atoms with Gasteiger partial charge in [-0.05, 0) is 35.6 Å². The summed E-state index contributed by atoms with van der Waals surface area (Å²) in [6, 6.07) is 10.4. The van der Waals surface area contributed by atoms with Crippen molar-refractivity contribution in [1.82, 2.24) is 10.1 Å². The lowest BCUT2D eigenvalue weighted by Crippen LogP contribution is -2.13. The van der Waals surface area contributed by atoms with Crippen molar-refractivity contribution in [2.45, 2.75) is 12.5 Å². The van der Waals surface area contributed by atoms with Crippen molar-refractivity contribution in [3.05, 3.63) is 53.2 Å². The van der Waals surface area contributed by atoms with Crippen LogP contribution >= 0.6 is 11.3 Å². The van der Waals surface area contributed by atoms with Crippen molar-refractivity contribution in [2.24, 2.45) is 5.73 Å². The molecule has 1 atom stereocenters. The number of hydrogen-bond acceptors (Lipinski definition) is 6. The fraction of sp³-hybridized carbons (Fsp3) is 0.143. The second-order valence-electron chi connectivity index (χ2n) is 4.41. The third-order valence-corrected chi connectivity index (χ3v) is 3.76. The van der Waals surface area contributed by atoms with Crippen molar-refractivity contribution in [3.8, 4) is 16.5 Å². The van der Waals surface area contributed by atoms with Gasteiger partial charge >= 0.3 is 0 Å². The first-order chi connectivity index (χ1) is 9.72. The Morgan fingerprint density at radius 1 is 1.25 bits per heavy atom. The molecule has 0 aliphatic rings. The smallest absolute Gasteiger partial charge is 0.244 e. The predicted molar refractivity (Wildman–Crippen MR) is 76.4 cm³/mol. The molecule has 102 valence electrons. The van der Waals surface area contributed by atoms with Crippen molar-refractivity contribution in [1.29, 1.82) is 0 Å². The van der Waals surface area contributed by atoms with Crippen LogP contribution in [-0.2, 0) is 6.42 Å². The Balaban J connectivity index is 1.74. The minimum atomic E-state index is -0.360. The van der Waals surface area contributed by atoms with E-state index in [1.54, 1.807) is 23.5 Å². The van der Waals surface area contributed by atoms with Crippen molar-refractivity contribution >= 4 is 11.3 Å². The van der Waals surface area contributed by atoms with E-state index in [2.05, 4.69) is 10.1 Å². The maximum absolute atomic E-state index is 9.25. The summed E-state index contributed by atoms with van der Waals surface area (Å²) in [6.07, 6.45) is 0.576. The molecule has 20 heavy (non-hydrogen) atoms. The molecule has 1 unspecified atom stereocenters. The molecule has 0 aliphatic heterocycles. The van der Waals surface area contributed by atoms with Crippen LogP contribution in [0.3, 0.4) is 0 Å². The zero-order chi connectivity index (χ0) is 13.9. The van der Waals surface area contributed by atoms with E-state index in [1.807, 2.05) is 29.6 Å². The molecule has 0 spiro atoms.